The van der Waals surface area contributed by atoms with E-state index in [-0.39, 0.29) is 24.2 Å². The fraction of sp³-hybridized carbons (Fsp3) is 0.440. The Hall–Kier alpha value is -3.01. The lowest BCUT2D eigenvalue weighted by Crippen LogP contribution is -2.52. The molecule has 2 aromatic rings. The molecule has 0 radical (unpaired) electrons. The highest BCUT2D eigenvalue weighted by atomic mass is 32.2. The molecule has 10 heteroatoms. The van der Waals surface area contributed by atoms with Crippen molar-refractivity contribution in [3.8, 4) is 0 Å². The SMILES string of the molecule is CC(C(=O)NC1CCCCC1)N(Cc1ccc(F)cc1)C(=O)CN(c1ccc(F)cc1)S(C)(=O)=O. The molecule has 1 saturated carbocycles. The summed E-state index contributed by atoms with van der Waals surface area (Å²) in [5, 5.41) is 3.00. The van der Waals surface area contributed by atoms with Crippen molar-refractivity contribution in [1.29, 1.82) is 0 Å². The number of halogens is 2. The molecule has 2 aromatic carbocycles. The smallest absolute Gasteiger partial charge is 0.244 e. The number of nitrogens with zero attached hydrogens (tertiary/aromatic N) is 2. The van der Waals surface area contributed by atoms with Crippen LogP contribution in [0.15, 0.2) is 48.5 Å². The maximum Gasteiger partial charge on any atom is 0.244 e. The van der Waals surface area contributed by atoms with Gasteiger partial charge in [-0.05, 0) is 61.7 Å². The van der Waals surface area contributed by atoms with Crippen LogP contribution in [0.3, 0.4) is 0 Å². The highest BCUT2D eigenvalue weighted by Gasteiger charge is 2.31. The van der Waals surface area contributed by atoms with Crippen molar-refractivity contribution >= 4 is 27.5 Å². The molecule has 0 saturated heterocycles. The van der Waals surface area contributed by atoms with Crippen LogP contribution in [0.5, 0.6) is 0 Å². The van der Waals surface area contributed by atoms with E-state index in [1.165, 1.54) is 41.3 Å². The first-order valence-corrected chi connectivity index (χ1v) is 13.5. The Morgan fingerprint density at radius 1 is 0.971 bits per heavy atom. The monoisotopic (exact) mass is 507 g/mol. The molecule has 1 unspecified atom stereocenters. The van der Waals surface area contributed by atoms with Gasteiger partial charge in [0.2, 0.25) is 21.8 Å². The molecule has 1 N–H and O–H groups in total. The highest BCUT2D eigenvalue weighted by molar-refractivity contribution is 7.92. The molecule has 0 bridgehead atoms. The van der Waals surface area contributed by atoms with Gasteiger partial charge in [-0.1, -0.05) is 31.4 Å². The maximum atomic E-state index is 13.4. The average molecular weight is 508 g/mol. The van der Waals surface area contributed by atoms with Crippen molar-refractivity contribution in [2.75, 3.05) is 17.1 Å². The first-order valence-electron chi connectivity index (χ1n) is 11.6. The molecule has 35 heavy (non-hydrogen) atoms. The third-order valence-electron chi connectivity index (χ3n) is 6.18. The lowest BCUT2D eigenvalue weighted by atomic mass is 9.95. The Balaban J connectivity index is 1.85. The third kappa shape index (κ3) is 7.48. The molecule has 0 spiro atoms. The molecule has 1 aliphatic rings. The van der Waals surface area contributed by atoms with Gasteiger partial charge >= 0.3 is 0 Å². The summed E-state index contributed by atoms with van der Waals surface area (Å²) in [6.45, 7) is 0.994. The number of hydrogen-bond donors (Lipinski definition) is 1. The van der Waals surface area contributed by atoms with Crippen LogP contribution in [0.1, 0.15) is 44.6 Å². The standard InChI is InChI=1S/C25H31F2N3O4S/c1-18(25(32)28-22-6-4-3-5-7-22)29(16-19-8-10-20(26)11-9-19)24(31)17-30(35(2,33)34)23-14-12-21(27)13-15-23/h8-15,18,22H,3-7,16-17H2,1-2H3,(H,28,32). The van der Waals surface area contributed by atoms with E-state index in [4.69, 9.17) is 0 Å². The molecule has 1 aliphatic carbocycles. The molecule has 1 fully saturated rings. The van der Waals surface area contributed by atoms with Crippen LogP contribution in [0.2, 0.25) is 0 Å². The van der Waals surface area contributed by atoms with E-state index in [0.29, 0.717) is 5.56 Å². The molecular weight excluding hydrogens is 476 g/mol. The van der Waals surface area contributed by atoms with Crippen LogP contribution in [0.4, 0.5) is 14.5 Å². The average Bonchev–Trinajstić information content (AvgIpc) is 2.82. The summed E-state index contributed by atoms with van der Waals surface area (Å²) in [5.41, 5.74) is 0.716. The Morgan fingerprint density at radius 2 is 1.51 bits per heavy atom. The summed E-state index contributed by atoms with van der Waals surface area (Å²) in [4.78, 5) is 27.8. The van der Waals surface area contributed by atoms with Gasteiger partial charge < -0.3 is 10.2 Å². The number of nitrogens with one attached hydrogen (secondary N) is 1. The van der Waals surface area contributed by atoms with Crippen molar-refractivity contribution in [2.24, 2.45) is 0 Å². The quantitative estimate of drug-likeness (QED) is 0.562. The van der Waals surface area contributed by atoms with Crippen molar-refractivity contribution in [1.82, 2.24) is 10.2 Å². The molecule has 1 atom stereocenters. The van der Waals surface area contributed by atoms with Crippen molar-refractivity contribution in [3.63, 3.8) is 0 Å². The summed E-state index contributed by atoms with van der Waals surface area (Å²) in [5.74, 6) is -1.93. The van der Waals surface area contributed by atoms with E-state index in [0.717, 1.165) is 54.8 Å². The third-order valence-corrected chi connectivity index (χ3v) is 7.32. The molecule has 3 rings (SSSR count). The Morgan fingerprint density at radius 3 is 2.06 bits per heavy atom. The van der Waals surface area contributed by atoms with Crippen LogP contribution in [-0.2, 0) is 26.2 Å². The summed E-state index contributed by atoms with van der Waals surface area (Å²) < 4.78 is 52.6. The fourth-order valence-electron chi connectivity index (χ4n) is 4.16. The Kier molecular flexibility index (Phi) is 8.82. The van der Waals surface area contributed by atoms with E-state index in [1.54, 1.807) is 6.92 Å². The van der Waals surface area contributed by atoms with Gasteiger partial charge in [-0.25, -0.2) is 17.2 Å². The first-order chi connectivity index (χ1) is 16.5. The van der Waals surface area contributed by atoms with Gasteiger partial charge in [0.25, 0.3) is 0 Å². The van der Waals surface area contributed by atoms with Crippen LogP contribution in [0.25, 0.3) is 0 Å². The number of amides is 2. The lowest BCUT2D eigenvalue weighted by molar-refractivity contribution is -0.139. The lowest BCUT2D eigenvalue weighted by Gasteiger charge is -2.33. The van der Waals surface area contributed by atoms with Gasteiger partial charge in [0, 0.05) is 12.6 Å². The zero-order valence-corrected chi connectivity index (χ0v) is 20.7. The summed E-state index contributed by atoms with van der Waals surface area (Å²) in [7, 11) is -3.89. The number of sulfonamides is 1. The summed E-state index contributed by atoms with van der Waals surface area (Å²) >= 11 is 0. The summed E-state index contributed by atoms with van der Waals surface area (Å²) in [6.07, 6.45) is 5.87. The van der Waals surface area contributed by atoms with Gasteiger partial charge in [-0.15, -0.1) is 0 Å². The molecule has 0 aromatic heterocycles. The fourth-order valence-corrected chi connectivity index (χ4v) is 5.01. The van der Waals surface area contributed by atoms with E-state index >= 15 is 0 Å². The van der Waals surface area contributed by atoms with Crippen LogP contribution >= 0.6 is 0 Å². The van der Waals surface area contributed by atoms with E-state index < -0.39 is 40.2 Å². The van der Waals surface area contributed by atoms with E-state index in [1.807, 2.05) is 0 Å². The maximum absolute atomic E-state index is 13.4. The molecule has 190 valence electrons. The predicted molar refractivity (Wildman–Crippen MR) is 130 cm³/mol. The second-order valence-electron chi connectivity index (χ2n) is 8.91. The van der Waals surface area contributed by atoms with E-state index in [9.17, 15) is 26.8 Å². The topological polar surface area (TPSA) is 86.8 Å². The zero-order chi connectivity index (χ0) is 25.6. The van der Waals surface area contributed by atoms with Gasteiger partial charge in [0.1, 0.15) is 24.2 Å². The second-order valence-corrected chi connectivity index (χ2v) is 10.8. The Bertz CT molecular complexity index is 1120. The first kappa shape index (κ1) is 26.6. The number of anilines is 1. The van der Waals surface area contributed by atoms with Crippen molar-refractivity contribution in [2.45, 2.75) is 57.7 Å². The van der Waals surface area contributed by atoms with Crippen LogP contribution in [0, 0.1) is 11.6 Å². The largest absolute Gasteiger partial charge is 0.352 e. The number of carbonyl (C=O) groups is 2. The number of benzene rings is 2. The predicted octanol–water partition coefficient (Wildman–Crippen LogP) is 3.60. The molecule has 2 amide bonds. The molecule has 0 heterocycles. The highest BCUT2D eigenvalue weighted by Crippen LogP contribution is 2.21. The summed E-state index contributed by atoms with van der Waals surface area (Å²) in [6, 6.07) is 9.42. The number of rotatable bonds is 9. The van der Waals surface area contributed by atoms with Gasteiger partial charge in [0.15, 0.2) is 0 Å². The molecule has 0 aliphatic heterocycles. The molecule has 7 nitrogen and oxygen atoms in total. The van der Waals surface area contributed by atoms with Crippen molar-refractivity contribution < 1.29 is 26.8 Å². The van der Waals surface area contributed by atoms with Crippen LogP contribution in [-0.4, -0.2) is 50.0 Å². The van der Waals surface area contributed by atoms with Gasteiger partial charge in [-0.3, -0.25) is 13.9 Å². The second kappa shape index (κ2) is 11.6. The van der Waals surface area contributed by atoms with Gasteiger partial charge in [0.05, 0.1) is 11.9 Å². The zero-order valence-electron chi connectivity index (χ0n) is 19.9. The van der Waals surface area contributed by atoms with Gasteiger partial charge in [-0.2, -0.15) is 0 Å². The molecular formula is C25H31F2N3O4S. The number of hydrogen-bond acceptors (Lipinski definition) is 4. The van der Waals surface area contributed by atoms with E-state index in [2.05, 4.69) is 5.32 Å². The van der Waals surface area contributed by atoms with Crippen molar-refractivity contribution in [3.05, 3.63) is 65.7 Å². The minimum atomic E-state index is -3.89. The normalized spacial score (nSPS) is 15.3. The Labute approximate surface area is 205 Å². The minimum Gasteiger partial charge on any atom is -0.352 e. The van der Waals surface area contributed by atoms with Crippen LogP contribution < -0.4 is 9.62 Å². The number of carbonyl (C=O) groups excluding carboxylic acids is 2. The minimum absolute atomic E-state index is 0.0145.